The van der Waals surface area contributed by atoms with Crippen molar-refractivity contribution in [1.29, 1.82) is 0 Å². The van der Waals surface area contributed by atoms with Crippen LogP contribution < -0.4 is 44.6 Å². The molecule has 0 unspecified atom stereocenters. The molecule has 109 heavy (non-hydrogen) atoms. The molecule has 0 saturated heterocycles. The molecule has 12 N–H and O–H groups in total. The summed E-state index contributed by atoms with van der Waals surface area (Å²) in [6.45, 7) is 7.64. The summed E-state index contributed by atoms with van der Waals surface area (Å²) < 4.78 is 38.4. The van der Waals surface area contributed by atoms with Crippen LogP contribution in [0.2, 0.25) is 0 Å². The SMILES string of the molecule is CCO.CCOC(=O)c1cc2c(=O)c3cc(Br)ccc3oc2nc1N.CCOC(=O)c1cc2c(=O)c3cc(C4=CCCC4)ccc3oc2nc1N.CCOC(=O)c1cc2c(=O)c3cc(C4CCCC4)ccc3oc2nc1N.Nc1nc2oc3ccc(C4CCCC4)cc3c(=O)c2cc1C(=O)O.OB(O)C1=CCCC1. The zero-order valence-corrected chi connectivity index (χ0v) is 61.8. The highest BCUT2D eigenvalue weighted by atomic mass is 79.9. The molecule has 29 heteroatoms. The summed E-state index contributed by atoms with van der Waals surface area (Å²) in [5.74, 6) is -2.32. The zero-order valence-electron chi connectivity index (χ0n) is 60.2. The Labute approximate surface area is 629 Å². The maximum Gasteiger partial charge on any atom is 0.483 e. The molecule has 2 fully saturated rings. The van der Waals surface area contributed by atoms with Crippen LogP contribution in [0, 0.1) is 0 Å². The second kappa shape index (κ2) is 34.9. The van der Waals surface area contributed by atoms with Gasteiger partial charge in [0.2, 0.25) is 44.6 Å². The number of hydrogen-bond donors (Lipinski definition) is 8. The van der Waals surface area contributed by atoms with Crippen molar-refractivity contribution < 1.29 is 71.3 Å². The number of carboxylic acids is 1. The number of carbonyl (C=O) groups is 4. The molecule has 0 amide bonds. The quantitative estimate of drug-likeness (QED) is 0.0258. The first-order valence-corrected chi connectivity index (χ1v) is 36.7. The molecule has 27 nitrogen and oxygen atoms in total. The lowest BCUT2D eigenvalue weighted by atomic mass is 9.79. The summed E-state index contributed by atoms with van der Waals surface area (Å²) in [4.78, 5) is 115. The number of halogens is 1. The minimum atomic E-state index is -1.22. The van der Waals surface area contributed by atoms with Gasteiger partial charge in [0.15, 0.2) is 0 Å². The number of nitrogens with two attached hydrogens (primary N) is 4. The minimum absolute atomic E-state index is 0.0129. The van der Waals surface area contributed by atoms with Crippen molar-refractivity contribution in [2.24, 2.45) is 0 Å². The fourth-order valence-electron chi connectivity index (χ4n) is 13.6. The van der Waals surface area contributed by atoms with Gasteiger partial charge in [0.25, 0.3) is 0 Å². The number of rotatable bonds is 11. The van der Waals surface area contributed by atoms with Crippen molar-refractivity contribution in [3.63, 3.8) is 0 Å². The molecule has 8 heterocycles. The van der Waals surface area contributed by atoms with E-state index in [0.29, 0.717) is 55.7 Å². The van der Waals surface area contributed by atoms with E-state index in [-0.39, 0.29) is 138 Å². The van der Waals surface area contributed by atoms with Gasteiger partial charge in [-0.05, 0) is 210 Å². The van der Waals surface area contributed by atoms with Gasteiger partial charge in [0.1, 0.15) is 67.9 Å². The van der Waals surface area contributed by atoms with Crippen LogP contribution in [0.3, 0.4) is 0 Å². The minimum Gasteiger partial charge on any atom is -0.478 e. The van der Waals surface area contributed by atoms with Crippen LogP contribution in [0.15, 0.2) is 156 Å². The summed E-state index contributed by atoms with van der Waals surface area (Å²) in [6, 6.07) is 27.5. The van der Waals surface area contributed by atoms with Gasteiger partial charge >= 0.3 is 31.0 Å². The molecule has 12 aromatic rings. The molecule has 2 saturated carbocycles. The van der Waals surface area contributed by atoms with E-state index in [1.54, 1.807) is 58.0 Å². The number of carbonyl (C=O) groups excluding carboxylic acids is 3. The van der Waals surface area contributed by atoms with Crippen molar-refractivity contribution >= 4 is 164 Å². The first-order valence-electron chi connectivity index (χ1n) is 35.9. The summed E-state index contributed by atoms with van der Waals surface area (Å²) in [6.07, 6.45) is 19.7. The van der Waals surface area contributed by atoms with Crippen molar-refractivity contribution in [3.8, 4) is 0 Å². The number of aliphatic hydroxyl groups excluding tert-OH is 1. The van der Waals surface area contributed by atoms with Crippen LogP contribution in [0.5, 0.6) is 0 Å². The lowest BCUT2D eigenvalue weighted by molar-refractivity contribution is 0.0517. The van der Waals surface area contributed by atoms with Gasteiger partial charge in [-0.25, -0.2) is 19.2 Å². The molecular weight excluding hydrogens is 1470 g/mol. The van der Waals surface area contributed by atoms with Crippen LogP contribution in [-0.2, 0) is 14.2 Å². The number of nitrogens with zero attached hydrogens (tertiary/aromatic N) is 4. The first-order chi connectivity index (χ1) is 52.4. The Bertz CT molecular complexity index is 5860. The second-order valence-electron chi connectivity index (χ2n) is 26.1. The Morgan fingerprint density at radius 3 is 1.14 bits per heavy atom. The number of benzene rings is 4. The smallest absolute Gasteiger partial charge is 0.478 e. The number of fused-ring (bicyclic) bond motifs is 8. The first kappa shape index (κ1) is 78.4. The number of nitrogen functional groups attached to an aromatic ring is 4. The number of esters is 3. The largest absolute Gasteiger partial charge is 0.483 e. The Morgan fingerprint density at radius 1 is 0.459 bits per heavy atom. The average Bonchev–Trinajstić information content (AvgIpc) is 1.54. The predicted octanol–water partition coefficient (Wildman–Crippen LogP) is 13.7. The van der Waals surface area contributed by atoms with E-state index in [4.69, 9.17) is 75.1 Å². The molecule has 16 rings (SSSR count). The van der Waals surface area contributed by atoms with Crippen LogP contribution in [0.25, 0.3) is 93.8 Å². The van der Waals surface area contributed by atoms with E-state index in [1.807, 2.05) is 48.5 Å². The van der Waals surface area contributed by atoms with Crippen molar-refractivity contribution in [2.75, 3.05) is 49.4 Å². The second-order valence-corrected chi connectivity index (χ2v) is 27.0. The van der Waals surface area contributed by atoms with Crippen LogP contribution >= 0.6 is 15.9 Å². The molecule has 8 aromatic heterocycles. The predicted molar refractivity (Wildman–Crippen MR) is 420 cm³/mol. The summed E-state index contributed by atoms with van der Waals surface area (Å²) in [5.41, 5.74) is 29.6. The zero-order chi connectivity index (χ0) is 77.9. The molecule has 4 aromatic carbocycles. The Hall–Kier alpha value is -11.7. The van der Waals surface area contributed by atoms with E-state index in [2.05, 4.69) is 41.9 Å². The molecular formula is C80H80BBrN8O19. The van der Waals surface area contributed by atoms with Crippen LogP contribution in [0.1, 0.15) is 188 Å². The number of aromatic carboxylic acids is 1. The van der Waals surface area contributed by atoms with E-state index in [9.17, 15) is 38.4 Å². The third-order valence-electron chi connectivity index (χ3n) is 19.0. The van der Waals surface area contributed by atoms with Crippen LogP contribution in [-0.4, -0.2) is 97.6 Å². The van der Waals surface area contributed by atoms with E-state index < -0.39 is 31.0 Å². The van der Waals surface area contributed by atoms with E-state index in [1.165, 1.54) is 55.5 Å². The Balaban J connectivity index is 0.000000138. The third kappa shape index (κ3) is 17.5. The maximum atomic E-state index is 13.0. The van der Waals surface area contributed by atoms with E-state index >= 15 is 0 Å². The molecule has 0 bridgehead atoms. The number of ether oxygens (including phenoxy) is 3. The maximum absolute atomic E-state index is 13.0. The Kier molecular flexibility index (Phi) is 25.1. The van der Waals surface area contributed by atoms with Gasteiger partial charge in [-0.1, -0.05) is 72.0 Å². The number of anilines is 4. The lowest BCUT2D eigenvalue weighted by Gasteiger charge is -2.11. The highest BCUT2D eigenvalue weighted by molar-refractivity contribution is 9.10. The van der Waals surface area contributed by atoms with Crippen LogP contribution in [0.4, 0.5) is 23.3 Å². The molecule has 4 aliphatic carbocycles. The Morgan fingerprint density at radius 2 is 0.798 bits per heavy atom. The topological polar surface area (TPSA) is 453 Å². The number of aliphatic hydroxyl groups is 1. The standard InChI is InChI=1S/C20H20N2O4.C20H18N2O4.C18H16N2O4.C15H11BrN2O4.C5H9BO2.C2H6O/c2*1-2-25-20(24)15-10-14-17(23)13-9-12(11-5-3-4-6-11)7-8-16(13)26-19(14)22-18(15)21;19-16-13(18(22)23)8-12-15(21)11-7-10(9-3-1-2-4-9)5-6-14(11)24-17(12)20-16;1-2-21-15(20)10-6-9-12(19)8-5-7(16)3-4-11(8)22-14(9)18-13(10)17;7-6(8)5-3-1-2-4-5;1-2-3/h7-11H,2-6H2,1H3,(H2,21,22);5,7-10H,2-4,6H2,1H3,(H2,21,22);5-9H,1-4H2,(H2,19,20)(H,22,23);3-6H,2H2,1H3,(H2,17,18);3,7-8H,1-2,4H2;3H,2H2,1H3. The van der Waals surface area contributed by atoms with Crippen molar-refractivity contribution in [2.45, 2.75) is 129 Å². The number of aromatic nitrogens is 4. The summed E-state index contributed by atoms with van der Waals surface area (Å²) in [5, 5.41) is 36.4. The highest BCUT2D eigenvalue weighted by Crippen LogP contribution is 2.38. The molecule has 564 valence electrons. The molecule has 4 aliphatic rings. The summed E-state index contributed by atoms with van der Waals surface area (Å²) in [7, 11) is -1.20. The molecule has 0 atom stereocenters. The van der Waals surface area contributed by atoms with Gasteiger partial charge in [-0.3, -0.25) is 19.2 Å². The number of carboxylic acid groups (broad SMARTS) is 1. The van der Waals surface area contributed by atoms with E-state index in [0.717, 1.165) is 90.8 Å². The fraction of sp³-hybridized carbons (Fsp3) is 0.300. The fourth-order valence-corrected chi connectivity index (χ4v) is 13.9. The van der Waals surface area contributed by atoms with Crippen molar-refractivity contribution in [1.82, 2.24) is 19.9 Å². The highest BCUT2D eigenvalue weighted by Gasteiger charge is 2.26. The monoisotopic (exact) mass is 1550 g/mol. The van der Waals surface area contributed by atoms with Crippen molar-refractivity contribution in [3.05, 3.63) is 199 Å². The van der Waals surface area contributed by atoms with Gasteiger partial charge < -0.3 is 75.1 Å². The number of pyridine rings is 4. The lowest BCUT2D eigenvalue weighted by Crippen LogP contribution is -2.13. The normalized spacial score (nSPS) is 14.0. The molecule has 0 radical (unpaired) electrons. The molecule has 0 aliphatic heterocycles. The molecule has 0 spiro atoms. The van der Waals surface area contributed by atoms with Gasteiger partial charge in [-0.2, -0.15) is 19.9 Å². The van der Waals surface area contributed by atoms with Gasteiger partial charge in [0, 0.05) is 11.1 Å². The summed E-state index contributed by atoms with van der Waals surface area (Å²) >= 11 is 3.31. The number of allylic oxidation sites excluding steroid dienone is 4. The third-order valence-corrected chi connectivity index (χ3v) is 19.5. The van der Waals surface area contributed by atoms with Gasteiger partial charge in [0.05, 0.1) is 62.9 Å². The average molecular weight is 1550 g/mol. The number of hydrogen-bond acceptors (Lipinski definition) is 26. The van der Waals surface area contributed by atoms with Gasteiger partial charge in [-0.15, -0.1) is 0 Å².